The van der Waals surface area contributed by atoms with E-state index in [4.69, 9.17) is 10.5 Å². The molecule has 0 aliphatic carbocycles. The van der Waals surface area contributed by atoms with Crippen molar-refractivity contribution < 1.29 is 9.53 Å². The third-order valence-electron chi connectivity index (χ3n) is 1.22. The maximum Gasteiger partial charge on any atom is 0.220 e. The molecule has 3 nitrogen and oxygen atoms in total. The summed E-state index contributed by atoms with van der Waals surface area (Å²) in [5.41, 5.74) is 4.93. The third kappa shape index (κ3) is 3.97. The summed E-state index contributed by atoms with van der Waals surface area (Å²) in [6.07, 6.45) is 1.16. The van der Waals surface area contributed by atoms with E-state index in [1.54, 1.807) is 7.11 Å². The maximum atomic E-state index is 10.3. The first-order chi connectivity index (χ1) is 4.20. The summed E-state index contributed by atoms with van der Waals surface area (Å²) >= 11 is 0. The summed E-state index contributed by atoms with van der Waals surface area (Å²) in [6.45, 7) is 1.96. The molecule has 0 saturated carbocycles. The summed E-state index contributed by atoms with van der Waals surface area (Å²) in [7, 11) is 1.58. The lowest BCUT2D eigenvalue weighted by Gasteiger charge is -2.08. The van der Waals surface area contributed by atoms with Crippen molar-refractivity contribution in [1.29, 1.82) is 0 Å². The minimum atomic E-state index is -0.302. The van der Waals surface area contributed by atoms with Gasteiger partial charge in [0.05, 0.1) is 12.5 Å². The fourth-order valence-electron chi connectivity index (χ4n) is 0.619. The van der Waals surface area contributed by atoms with Gasteiger partial charge in [0.15, 0.2) is 0 Å². The zero-order valence-corrected chi connectivity index (χ0v) is 5.89. The number of carbonyl (C=O) groups excluding carboxylic acids is 1. The van der Waals surface area contributed by atoms with Crippen molar-refractivity contribution in [3.8, 4) is 0 Å². The van der Waals surface area contributed by atoms with Gasteiger partial charge in [0.2, 0.25) is 5.91 Å². The minimum absolute atomic E-state index is 0.00231. The van der Waals surface area contributed by atoms with Gasteiger partial charge in [-0.05, 0) is 6.42 Å². The van der Waals surface area contributed by atoms with E-state index in [1.807, 2.05) is 6.92 Å². The van der Waals surface area contributed by atoms with E-state index >= 15 is 0 Å². The second-order valence-corrected chi connectivity index (χ2v) is 1.94. The number of hydrogen-bond acceptors (Lipinski definition) is 2. The van der Waals surface area contributed by atoms with Gasteiger partial charge in [-0.15, -0.1) is 0 Å². The largest absolute Gasteiger partial charge is 0.381 e. The van der Waals surface area contributed by atoms with E-state index in [1.165, 1.54) is 0 Å². The van der Waals surface area contributed by atoms with Crippen LogP contribution in [0, 0.1) is 0 Å². The Morgan fingerprint density at radius 2 is 2.33 bits per heavy atom. The number of ether oxygens (including phenoxy) is 1. The van der Waals surface area contributed by atoms with Crippen molar-refractivity contribution in [1.82, 2.24) is 0 Å². The Kier molecular flexibility index (Phi) is 4.05. The monoisotopic (exact) mass is 131 g/mol. The Bertz CT molecular complexity index is 89.1. The summed E-state index contributed by atoms with van der Waals surface area (Å²) in [4.78, 5) is 10.3. The second-order valence-electron chi connectivity index (χ2n) is 1.94. The molecule has 9 heavy (non-hydrogen) atoms. The molecule has 3 heteroatoms. The molecule has 0 heterocycles. The molecule has 0 aliphatic rings. The lowest BCUT2D eigenvalue weighted by molar-refractivity contribution is -0.120. The molecule has 0 spiro atoms. The molecular formula is C6H13NO2. The predicted octanol–water partition coefficient (Wildman–Crippen LogP) is 0.287. The average molecular weight is 131 g/mol. The molecule has 0 radical (unpaired) electrons. The highest BCUT2D eigenvalue weighted by atomic mass is 16.5. The van der Waals surface area contributed by atoms with Crippen molar-refractivity contribution in [2.75, 3.05) is 7.11 Å². The van der Waals surface area contributed by atoms with Gasteiger partial charge in [-0.1, -0.05) is 6.92 Å². The van der Waals surface area contributed by atoms with Crippen LogP contribution < -0.4 is 5.73 Å². The lowest BCUT2D eigenvalue weighted by Crippen LogP contribution is -2.20. The number of methoxy groups -OCH3 is 1. The first-order valence-corrected chi connectivity index (χ1v) is 3.01. The molecule has 0 aromatic heterocycles. The SMILES string of the molecule is CC[C@H](CC(N)=O)OC. The van der Waals surface area contributed by atoms with Crippen LogP contribution in [0.5, 0.6) is 0 Å². The van der Waals surface area contributed by atoms with Crippen LogP contribution >= 0.6 is 0 Å². The number of rotatable bonds is 4. The van der Waals surface area contributed by atoms with E-state index in [0.29, 0.717) is 6.42 Å². The maximum absolute atomic E-state index is 10.3. The van der Waals surface area contributed by atoms with Gasteiger partial charge in [-0.2, -0.15) is 0 Å². The van der Waals surface area contributed by atoms with E-state index in [0.717, 1.165) is 6.42 Å². The summed E-state index contributed by atoms with van der Waals surface area (Å²) in [5, 5.41) is 0. The Balaban J connectivity index is 3.43. The fourth-order valence-corrected chi connectivity index (χ4v) is 0.619. The molecule has 2 N–H and O–H groups in total. The molecule has 0 aromatic carbocycles. The van der Waals surface area contributed by atoms with Crippen LogP contribution in [0.4, 0.5) is 0 Å². The minimum Gasteiger partial charge on any atom is -0.381 e. The number of primary amides is 1. The topological polar surface area (TPSA) is 52.3 Å². The Hall–Kier alpha value is -0.570. The van der Waals surface area contributed by atoms with Crippen LogP contribution in [-0.4, -0.2) is 19.1 Å². The molecular weight excluding hydrogens is 118 g/mol. The number of nitrogens with two attached hydrogens (primary N) is 1. The Morgan fingerprint density at radius 1 is 1.78 bits per heavy atom. The average Bonchev–Trinajstić information content (AvgIpc) is 1.82. The highest BCUT2D eigenvalue weighted by Gasteiger charge is 2.06. The number of amides is 1. The van der Waals surface area contributed by atoms with Gasteiger partial charge in [0, 0.05) is 7.11 Å². The standard InChI is InChI=1S/C6H13NO2/c1-3-5(9-2)4-6(7)8/h5H,3-4H2,1-2H3,(H2,7,8)/t5-/m1/s1. The van der Waals surface area contributed by atoms with Crippen LogP contribution in [0.3, 0.4) is 0 Å². The molecule has 0 fully saturated rings. The lowest BCUT2D eigenvalue weighted by atomic mass is 10.2. The first kappa shape index (κ1) is 8.43. The van der Waals surface area contributed by atoms with Gasteiger partial charge in [0.25, 0.3) is 0 Å². The third-order valence-corrected chi connectivity index (χ3v) is 1.22. The second kappa shape index (κ2) is 4.32. The molecule has 1 amide bonds. The number of hydrogen-bond donors (Lipinski definition) is 1. The summed E-state index contributed by atoms with van der Waals surface area (Å²) < 4.78 is 4.91. The van der Waals surface area contributed by atoms with Crippen molar-refractivity contribution in [3.63, 3.8) is 0 Å². The van der Waals surface area contributed by atoms with Crippen molar-refractivity contribution in [2.45, 2.75) is 25.9 Å². The van der Waals surface area contributed by atoms with Crippen molar-refractivity contribution >= 4 is 5.91 Å². The van der Waals surface area contributed by atoms with Gasteiger partial charge in [-0.25, -0.2) is 0 Å². The quantitative estimate of drug-likeness (QED) is 0.596. The number of carbonyl (C=O) groups is 1. The Morgan fingerprint density at radius 3 is 2.44 bits per heavy atom. The first-order valence-electron chi connectivity index (χ1n) is 3.01. The molecule has 0 aromatic rings. The van der Waals surface area contributed by atoms with E-state index in [-0.39, 0.29) is 12.0 Å². The normalized spacial score (nSPS) is 13.1. The summed E-state index contributed by atoms with van der Waals surface area (Å²) in [6, 6.07) is 0. The Labute approximate surface area is 55.2 Å². The molecule has 0 aliphatic heterocycles. The van der Waals surface area contributed by atoms with Crippen LogP contribution in [0.2, 0.25) is 0 Å². The van der Waals surface area contributed by atoms with E-state index in [9.17, 15) is 4.79 Å². The van der Waals surface area contributed by atoms with Crippen LogP contribution in [0.1, 0.15) is 19.8 Å². The molecule has 0 saturated heterocycles. The zero-order chi connectivity index (χ0) is 7.28. The van der Waals surface area contributed by atoms with E-state index < -0.39 is 0 Å². The van der Waals surface area contributed by atoms with Crippen LogP contribution in [0.25, 0.3) is 0 Å². The van der Waals surface area contributed by atoms with Gasteiger partial charge in [-0.3, -0.25) is 4.79 Å². The van der Waals surface area contributed by atoms with Gasteiger partial charge < -0.3 is 10.5 Å². The van der Waals surface area contributed by atoms with Gasteiger partial charge in [0.1, 0.15) is 0 Å². The zero-order valence-electron chi connectivity index (χ0n) is 5.89. The smallest absolute Gasteiger partial charge is 0.220 e. The predicted molar refractivity (Wildman–Crippen MR) is 34.9 cm³/mol. The molecule has 0 bridgehead atoms. The molecule has 1 atom stereocenters. The molecule has 0 rings (SSSR count). The molecule has 54 valence electrons. The van der Waals surface area contributed by atoms with Crippen molar-refractivity contribution in [3.05, 3.63) is 0 Å². The molecule has 0 unspecified atom stereocenters. The van der Waals surface area contributed by atoms with Crippen LogP contribution in [0.15, 0.2) is 0 Å². The van der Waals surface area contributed by atoms with Gasteiger partial charge >= 0.3 is 0 Å². The summed E-state index contributed by atoms with van der Waals surface area (Å²) in [5.74, 6) is -0.302. The highest BCUT2D eigenvalue weighted by molar-refractivity contribution is 5.74. The van der Waals surface area contributed by atoms with E-state index in [2.05, 4.69) is 0 Å². The highest BCUT2D eigenvalue weighted by Crippen LogP contribution is 1.99. The fraction of sp³-hybridized carbons (Fsp3) is 0.833. The van der Waals surface area contributed by atoms with Crippen LogP contribution in [-0.2, 0) is 9.53 Å². The van der Waals surface area contributed by atoms with Crippen molar-refractivity contribution in [2.24, 2.45) is 5.73 Å².